The Labute approximate surface area is 177 Å². The number of anilines is 2. The van der Waals surface area contributed by atoms with Gasteiger partial charge in [0, 0.05) is 25.5 Å². The van der Waals surface area contributed by atoms with Crippen molar-refractivity contribution in [3.05, 3.63) is 58.0 Å². The standard InChI is InChI=1S/C18H20N6O4S2/c1-24(2)18-22-15(21-17(19)23-18)11-28-16(25)12-5-3-7-14(9-12)30(26,27)20-10-13-6-4-8-29-13/h3-9,20H,10-11H2,1-2H3,(H2,19,21,22,23). The number of nitrogen functional groups attached to an aromatic ring is 1. The first-order chi connectivity index (χ1) is 14.2. The van der Waals surface area contributed by atoms with Crippen molar-refractivity contribution in [2.75, 3.05) is 24.7 Å². The predicted molar refractivity (Wildman–Crippen MR) is 112 cm³/mol. The maximum absolute atomic E-state index is 12.5. The Morgan fingerprint density at radius 1 is 1.20 bits per heavy atom. The molecule has 2 aromatic heterocycles. The van der Waals surface area contributed by atoms with Crippen molar-refractivity contribution in [3.8, 4) is 0 Å². The highest BCUT2D eigenvalue weighted by molar-refractivity contribution is 7.89. The molecule has 3 rings (SSSR count). The first-order valence-electron chi connectivity index (χ1n) is 8.71. The molecule has 2 heterocycles. The molecule has 10 nitrogen and oxygen atoms in total. The monoisotopic (exact) mass is 448 g/mol. The van der Waals surface area contributed by atoms with E-state index in [1.165, 1.54) is 35.6 Å². The summed E-state index contributed by atoms with van der Waals surface area (Å²) in [5.41, 5.74) is 5.73. The van der Waals surface area contributed by atoms with Gasteiger partial charge in [0.1, 0.15) is 0 Å². The molecule has 0 aliphatic carbocycles. The van der Waals surface area contributed by atoms with E-state index in [1.54, 1.807) is 19.0 Å². The Bertz CT molecular complexity index is 1130. The lowest BCUT2D eigenvalue weighted by Gasteiger charge is -2.11. The number of hydrogen-bond acceptors (Lipinski definition) is 10. The van der Waals surface area contributed by atoms with Gasteiger partial charge < -0.3 is 15.4 Å². The lowest BCUT2D eigenvalue weighted by atomic mass is 10.2. The molecule has 0 bridgehead atoms. The molecule has 12 heteroatoms. The van der Waals surface area contributed by atoms with E-state index < -0.39 is 16.0 Å². The second-order valence-corrected chi connectivity index (χ2v) is 9.11. The van der Waals surface area contributed by atoms with Crippen LogP contribution in [0.15, 0.2) is 46.7 Å². The Morgan fingerprint density at radius 3 is 2.70 bits per heavy atom. The Morgan fingerprint density at radius 2 is 2.00 bits per heavy atom. The summed E-state index contributed by atoms with van der Waals surface area (Å²) in [6, 6.07) is 9.27. The first-order valence-corrected chi connectivity index (χ1v) is 11.1. The van der Waals surface area contributed by atoms with Crippen molar-refractivity contribution >= 4 is 39.2 Å². The molecule has 158 valence electrons. The van der Waals surface area contributed by atoms with Crippen LogP contribution in [0.4, 0.5) is 11.9 Å². The number of carbonyl (C=O) groups excluding carboxylic acids is 1. The number of carbonyl (C=O) groups is 1. The summed E-state index contributed by atoms with van der Waals surface area (Å²) in [6.07, 6.45) is 0. The van der Waals surface area contributed by atoms with Crippen LogP contribution in [0, 0.1) is 0 Å². The van der Waals surface area contributed by atoms with E-state index in [9.17, 15) is 13.2 Å². The van der Waals surface area contributed by atoms with E-state index in [2.05, 4.69) is 19.7 Å². The molecule has 0 atom stereocenters. The zero-order valence-electron chi connectivity index (χ0n) is 16.3. The fraction of sp³-hybridized carbons (Fsp3) is 0.222. The van der Waals surface area contributed by atoms with Crippen molar-refractivity contribution in [1.82, 2.24) is 19.7 Å². The third kappa shape index (κ3) is 5.49. The summed E-state index contributed by atoms with van der Waals surface area (Å²) in [5.74, 6) is -0.195. The van der Waals surface area contributed by atoms with E-state index in [1.807, 2.05) is 17.5 Å². The van der Waals surface area contributed by atoms with E-state index in [-0.39, 0.29) is 35.4 Å². The minimum Gasteiger partial charge on any atom is -0.454 e. The number of nitrogens with one attached hydrogen (secondary N) is 1. The van der Waals surface area contributed by atoms with E-state index in [0.29, 0.717) is 5.95 Å². The van der Waals surface area contributed by atoms with Crippen LogP contribution in [0.5, 0.6) is 0 Å². The van der Waals surface area contributed by atoms with Gasteiger partial charge in [-0.2, -0.15) is 15.0 Å². The van der Waals surface area contributed by atoms with Gasteiger partial charge in [-0.25, -0.2) is 17.9 Å². The molecular weight excluding hydrogens is 428 g/mol. The van der Waals surface area contributed by atoms with Gasteiger partial charge in [-0.05, 0) is 29.6 Å². The predicted octanol–water partition coefficient (Wildman–Crippen LogP) is 1.42. The molecule has 0 radical (unpaired) electrons. The normalized spacial score (nSPS) is 11.3. The van der Waals surface area contributed by atoms with Crippen molar-refractivity contribution in [3.63, 3.8) is 0 Å². The molecule has 0 aliphatic heterocycles. The van der Waals surface area contributed by atoms with E-state index in [0.717, 1.165) is 4.88 Å². The summed E-state index contributed by atoms with van der Waals surface area (Å²) in [5, 5.41) is 1.86. The van der Waals surface area contributed by atoms with Crippen molar-refractivity contribution in [2.45, 2.75) is 18.0 Å². The minimum absolute atomic E-state index is 0.00431. The number of esters is 1. The maximum atomic E-state index is 12.5. The fourth-order valence-electron chi connectivity index (χ4n) is 2.36. The molecule has 0 spiro atoms. The average molecular weight is 449 g/mol. The van der Waals surface area contributed by atoms with Gasteiger partial charge in [0.05, 0.1) is 10.5 Å². The topological polar surface area (TPSA) is 140 Å². The minimum atomic E-state index is -3.79. The molecule has 3 aromatic rings. The molecule has 0 saturated carbocycles. The zero-order chi connectivity index (χ0) is 21.7. The van der Waals surface area contributed by atoms with Crippen molar-refractivity contribution < 1.29 is 17.9 Å². The van der Waals surface area contributed by atoms with Crippen molar-refractivity contribution in [1.29, 1.82) is 0 Å². The zero-order valence-corrected chi connectivity index (χ0v) is 17.9. The van der Waals surface area contributed by atoms with Crippen LogP contribution in [0.2, 0.25) is 0 Å². The highest BCUT2D eigenvalue weighted by atomic mass is 32.2. The van der Waals surface area contributed by atoms with Gasteiger partial charge in [-0.3, -0.25) is 0 Å². The van der Waals surface area contributed by atoms with Crippen LogP contribution in [0.25, 0.3) is 0 Å². The number of sulfonamides is 1. The van der Waals surface area contributed by atoms with E-state index >= 15 is 0 Å². The molecule has 3 N–H and O–H groups in total. The number of thiophene rings is 1. The SMILES string of the molecule is CN(C)c1nc(N)nc(COC(=O)c2cccc(S(=O)(=O)NCc3cccs3)c2)n1. The van der Waals surface area contributed by atoms with Crippen LogP contribution in [-0.2, 0) is 27.9 Å². The van der Waals surface area contributed by atoms with Gasteiger partial charge in [-0.1, -0.05) is 12.1 Å². The van der Waals surface area contributed by atoms with Gasteiger partial charge in [0.25, 0.3) is 0 Å². The van der Waals surface area contributed by atoms with Crippen LogP contribution in [0.1, 0.15) is 21.1 Å². The Kier molecular flexibility index (Phi) is 6.59. The lowest BCUT2D eigenvalue weighted by Crippen LogP contribution is -2.23. The summed E-state index contributed by atoms with van der Waals surface area (Å²) in [7, 11) is -0.308. The summed E-state index contributed by atoms with van der Waals surface area (Å²) < 4.78 is 32.8. The Balaban J connectivity index is 1.68. The second kappa shape index (κ2) is 9.15. The molecule has 30 heavy (non-hydrogen) atoms. The smallest absolute Gasteiger partial charge is 0.338 e. The summed E-state index contributed by atoms with van der Waals surface area (Å²) in [6.45, 7) is -0.0658. The van der Waals surface area contributed by atoms with Gasteiger partial charge in [0.2, 0.25) is 21.9 Å². The van der Waals surface area contributed by atoms with Gasteiger partial charge in [0.15, 0.2) is 12.4 Å². The van der Waals surface area contributed by atoms with Crippen LogP contribution >= 0.6 is 11.3 Å². The molecule has 0 unspecified atom stereocenters. The van der Waals surface area contributed by atoms with E-state index in [4.69, 9.17) is 10.5 Å². The Hall–Kier alpha value is -3.09. The number of nitrogens with zero attached hydrogens (tertiary/aromatic N) is 4. The van der Waals surface area contributed by atoms with Gasteiger partial charge in [-0.15, -0.1) is 11.3 Å². The highest BCUT2D eigenvalue weighted by Crippen LogP contribution is 2.15. The average Bonchev–Trinajstić information content (AvgIpc) is 3.24. The fourth-order valence-corrected chi connectivity index (χ4v) is 4.14. The molecule has 1 aromatic carbocycles. The number of aromatic nitrogens is 3. The largest absolute Gasteiger partial charge is 0.454 e. The number of benzene rings is 1. The number of ether oxygens (including phenoxy) is 1. The number of nitrogens with two attached hydrogens (primary N) is 1. The number of rotatable bonds is 8. The quantitative estimate of drug-likeness (QED) is 0.489. The molecule has 0 amide bonds. The summed E-state index contributed by atoms with van der Waals surface area (Å²) >= 11 is 1.45. The first kappa shape index (κ1) is 21.6. The molecular formula is C18H20N6O4S2. The molecule has 0 fully saturated rings. The van der Waals surface area contributed by atoms with Gasteiger partial charge >= 0.3 is 5.97 Å². The maximum Gasteiger partial charge on any atom is 0.338 e. The third-order valence-corrected chi connectivity index (χ3v) is 6.09. The van der Waals surface area contributed by atoms with Crippen molar-refractivity contribution in [2.24, 2.45) is 0 Å². The van der Waals surface area contributed by atoms with Crippen LogP contribution in [-0.4, -0.2) is 43.4 Å². The molecule has 0 aliphatic rings. The highest BCUT2D eigenvalue weighted by Gasteiger charge is 2.17. The number of hydrogen-bond donors (Lipinski definition) is 2. The van der Waals surface area contributed by atoms with Crippen LogP contribution < -0.4 is 15.4 Å². The summed E-state index contributed by atoms with van der Waals surface area (Å²) in [4.78, 5) is 26.9. The van der Waals surface area contributed by atoms with Crippen LogP contribution in [0.3, 0.4) is 0 Å². The lowest BCUT2D eigenvalue weighted by molar-refractivity contribution is 0.0462. The third-order valence-electron chi connectivity index (χ3n) is 3.82. The second-order valence-electron chi connectivity index (χ2n) is 6.31. The molecule has 0 saturated heterocycles.